The second kappa shape index (κ2) is 10.2. The third kappa shape index (κ3) is 5.93. The zero-order chi connectivity index (χ0) is 22.5. The lowest BCUT2D eigenvalue weighted by molar-refractivity contribution is -0.122. The number of halogens is 1. The molecule has 1 aliphatic carbocycles. The van der Waals surface area contributed by atoms with Crippen LogP contribution in [0.3, 0.4) is 0 Å². The Labute approximate surface area is 193 Å². The zero-order valence-electron chi connectivity index (χ0n) is 18.2. The lowest BCUT2D eigenvalue weighted by atomic mass is 10.1. The van der Waals surface area contributed by atoms with Gasteiger partial charge in [-0.25, -0.2) is 0 Å². The summed E-state index contributed by atoms with van der Waals surface area (Å²) in [5.41, 5.74) is 1.54. The van der Waals surface area contributed by atoms with Crippen molar-refractivity contribution in [3.8, 4) is 11.5 Å². The second-order valence-electron chi connectivity index (χ2n) is 8.19. The van der Waals surface area contributed by atoms with Crippen molar-refractivity contribution in [3.05, 3.63) is 58.6 Å². The van der Waals surface area contributed by atoms with Crippen molar-refractivity contribution in [2.24, 2.45) is 0 Å². The van der Waals surface area contributed by atoms with Crippen LogP contribution in [-0.2, 0) is 11.4 Å². The first-order valence-electron chi connectivity index (χ1n) is 10.9. The van der Waals surface area contributed by atoms with Crippen LogP contribution in [0.25, 0.3) is 0 Å². The number of ether oxygens (including phenoxy) is 2. The summed E-state index contributed by atoms with van der Waals surface area (Å²) in [5.74, 6) is 1.12. The van der Waals surface area contributed by atoms with Gasteiger partial charge in [0.2, 0.25) is 5.91 Å². The Morgan fingerprint density at radius 1 is 1.03 bits per heavy atom. The molecule has 0 radical (unpaired) electrons. The molecular formula is C24H28ClN3O4. The van der Waals surface area contributed by atoms with Gasteiger partial charge in [-0.3, -0.25) is 14.5 Å². The predicted octanol–water partition coefficient (Wildman–Crippen LogP) is 2.96. The van der Waals surface area contributed by atoms with Gasteiger partial charge in [0.1, 0.15) is 6.61 Å². The highest BCUT2D eigenvalue weighted by Gasteiger charge is 2.27. The smallest absolute Gasteiger partial charge is 0.254 e. The monoisotopic (exact) mass is 457 g/mol. The van der Waals surface area contributed by atoms with Gasteiger partial charge in [-0.05, 0) is 48.7 Å². The molecule has 0 aromatic heterocycles. The molecule has 1 saturated carbocycles. The van der Waals surface area contributed by atoms with E-state index in [1.807, 2.05) is 29.2 Å². The van der Waals surface area contributed by atoms with E-state index in [0.717, 1.165) is 18.4 Å². The number of rotatable bonds is 8. The van der Waals surface area contributed by atoms with Crippen LogP contribution < -0.4 is 14.8 Å². The van der Waals surface area contributed by atoms with Crippen molar-refractivity contribution >= 4 is 23.4 Å². The normalized spacial score (nSPS) is 16.5. The van der Waals surface area contributed by atoms with Gasteiger partial charge in [0, 0.05) is 42.8 Å². The van der Waals surface area contributed by atoms with Gasteiger partial charge in [-0.2, -0.15) is 0 Å². The van der Waals surface area contributed by atoms with Gasteiger partial charge < -0.3 is 19.7 Å². The number of nitrogens with zero attached hydrogens (tertiary/aromatic N) is 2. The molecule has 2 fully saturated rings. The first-order chi connectivity index (χ1) is 15.5. The van der Waals surface area contributed by atoms with E-state index >= 15 is 0 Å². The molecule has 0 unspecified atom stereocenters. The standard InChI is InChI=1S/C24H28ClN3O4/c1-31-22-14-18(4-9-21(22)32-16-17-2-5-19(25)6-3-17)24(30)28-12-10-27(11-13-28)15-23(29)26-20-7-8-20/h2-6,9,14,20H,7-8,10-13,15-16H2,1H3,(H,26,29). The van der Waals surface area contributed by atoms with Crippen molar-refractivity contribution < 1.29 is 19.1 Å². The zero-order valence-corrected chi connectivity index (χ0v) is 18.9. The number of piperazine rings is 1. The quantitative estimate of drug-likeness (QED) is 0.660. The largest absolute Gasteiger partial charge is 0.493 e. The summed E-state index contributed by atoms with van der Waals surface area (Å²) in [6.07, 6.45) is 2.17. The van der Waals surface area contributed by atoms with Gasteiger partial charge >= 0.3 is 0 Å². The molecule has 1 aliphatic heterocycles. The number of carbonyl (C=O) groups excluding carboxylic acids is 2. The van der Waals surface area contributed by atoms with Crippen molar-refractivity contribution in [1.29, 1.82) is 0 Å². The van der Waals surface area contributed by atoms with Gasteiger partial charge in [0.25, 0.3) is 5.91 Å². The van der Waals surface area contributed by atoms with E-state index in [4.69, 9.17) is 21.1 Å². The van der Waals surface area contributed by atoms with Crippen LogP contribution in [0.5, 0.6) is 11.5 Å². The van der Waals surface area contributed by atoms with Crippen molar-refractivity contribution in [2.45, 2.75) is 25.5 Å². The Bertz CT molecular complexity index is 954. The first kappa shape index (κ1) is 22.4. The van der Waals surface area contributed by atoms with E-state index < -0.39 is 0 Å². The molecular weight excluding hydrogens is 430 g/mol. The highest BCUT2D eigenvalue weighted by atomic mass is 35.5. The molecule has 2 aliphatic rings. The second-order valence-corrected chi connectivity index (χ2v) is 8.63. The Kier molecular flexibility index (Phi) is 7.17. The number of benzene rings is 2. The third-order valence-corrected chi connectivity index (χ3v) is 5.94. The molecule has 2 amide bonds. The molecule has 170 valence electrons. The Morgan fingerprint density at radius 3 is 2.41 bits per heavy atom. The summed E-state index contributed by atoms with van der Waals surface area (Å²) < 4.78 is 11.3. The van der Waals surface area contributed by atoms with Gasteiger partial charge in [0.05, 0.1) is 13.7 Å². The third-order valence-electron chi connectivity index (χ3n) is 5.69. The minimum atomic E-state index is -0.0466. The van der Waals surface area contributed by atoms with Crippen molar-refractivity contribution in [1.82, 2.24) is 15.1 Å². The minimum Gasteiger partial charge on any atom is -0.493 e. The number of nitrogens with one attached hydrogen (secondary N) is 1. The fourth-order valence-electron chi connectivity index (χ4n) is 3.66. The highest BCUT2D eigenvalue weighted by molar-refractivity contribution is 6.30. The van der Waals surface area contributed by atoms with E-state index in [-0.39, 0.29) is 11.8 Å². The van der Waals surface area contributed by atoms with Crippen LogP contribution in [-0.4, -0.2) is 67.5 Å². The minimum absolute atomic E-state index is 0.0466. The molecule has 4 rings (SSSR count). The fraction of sp³-hybridized carbons (Fsp3) is 0.417. The van der Waals surface area contributed by atoms with E-state index in [1.54, 1.807) is 25.3 Å². The van der Waals surface area contributed by atoms with E-state index in [0.29, 0.717) is 67.5 Å². The lowest BCUT2D eigenvalue weighted by Crippen LogP contribution is -2.51. The molecule has 1 heterocycles. The first-order valence-corrected chi connectivity index (χ1v) is 11.3. The molecule has 32 heavy (non-hydrogen) atoms. The van der Waals surface area contributed by atoms with Crippen LogP contribution in [0.1, 0.15) is 28.8 Å². The average Bonchev–Trinajstić information content (AvgIpc) is 3.62. The van der Waals surface area contributed by atoms with Gasteiger partial charge in [-0.15, -0.1) is 0 Å². The Hall–Kier alpha value is -2.77. The SMILES string of the molecule is COc1cc(C(=O)N2CCN(CC(=O)NC3CC3)CC2)ccc1OCc1ccc(Cl)cc1. The molecule has 0 spiro atoms. The lowest BCUT2D eigenvalue weighted by Gasteiger charge is -2.34. The maximum absolute atomic E-state index is 13.0. The molecule has 2 aromatic carbocycles. The number of hydrogen-bond acceptors (Lipinski definition) is 5. The molecule has 7 nitrogen and oxygen atoms in total. The summed E-state index contributed by atoms with van der Waals surface area (Å²) in [6.45, 7) is 3.31. The van der Waals surface area contributed by atoms with Gasteiger partial charge in [0.15, 0.2) is 11.5 Å². The topological polar surface area (TPSA) is 71.1 Å². The molecule has 1 N–H and O–H groups in total. The molecule has 0 atom stereocenters. The predicted molar refractivity (Wildman–Crippen MR) is 122 cm³/mol. The maximum atomic E-state index is 13.0. The molecule has 2 aromatic rings. The van der Waals surface area contributed by atoms with Crippen LogP contribution in [0.2, 0.25) is 5.02 Å². The highest BCUT2D eigenvalue weighted by Crippen LogP contribution is 2.29. The average molecular weight is 458 g/mol. The summed E-state index contributed by atoms with van der Waals surface area (Å²) in [4.78, 5) is 28.9. The number of carbonyl (C=O) groups is 2. The van der Waals surface area contributed by atoms with Crippen molar-refractivity contribution in [3.63, 3.8) is 0 Å². The van der Waals surface area contributed by atoms with E-state index in [2.05, 4.69) is 10.2 Å². The summed E-state index contributed by atoms with van der Waals surface area (Å²) in [6, 6.07) is 13.1. The van der Waals surface area contributed by atoms with Crippen LogP contribution in [0.4, 0.5) is 0 Å². The maximum Gasteiger partial charge on any atom is 0.254 e. The fourth-order valence-corrected chi connectivity index (χ4v) is 3.78. The molecule has 1 saturated heterocycles. The number of methoxy groups -OCH3 is 1. The van der Waals surface area contributed by atoms with Gasteiger partial charge in [-0.1, -0.05) is 23.7 Å². The molecule has 0 bridgehead atoms. The summed E-state index contributed by atoms with van der Waals surface area (Å²) >= 11 is 5.92. The molecule has 8 heteroatoms. The number of amides is 2. The van der Waals surface area contributed by atoms with E-state index in [1.165, 1.54) is 0 Å². The summed E-state index contributed by atoms with van der Waals surface area (Å²) in [7, 11) is 1.56. The Morgan fingerprint density at radius 2 is 1.75 bits per heavy atom. The van der Waals surface area contributed by atoms with Crippen molar-refractivity contribution in [2.75, 3.05) is 39.8 Å². The van der Waals surface area contributed by atoms with E-state index in [9.17, 15) is 9.59 Å². The Balaban J connectivity index is 1.31. The van der Waals surface area contributed by atoms with Crippen LogP contribution in [0, 0.1) is 0 Å². The van der Waals surface area contributed by atoms with Crippen LogP contribution >= 0.6 is 11.6 Å². The number of hydrogen-bond donors (Lipinski definition) is 1. The van der Waals surface area contributed by atoms with Crippen LogP contribution in [0.15, 0.2) is 42.5 Å². The summed E-state index contributed by atoms with van der Waals surface area (Å²) in [5, 5.41) is 3.69.